The molecule has 0 bridgehead atoms. The molecule has 0 atom stereocenters. The molecule has 1 aliphatic rings. The third-order valence-corrected chi connectivity index (χ3v) is 3.26. The maximum absolute atomic E-state index is 11.6. The van der Waals surface area contributed by atoms with Crippen molar-refractivity contribution in [2.24, 2.45) is 5.73 Å². The molecule has 1 amide bonds. The number of hydrogen-bond acceptors (Lipinski definition) is 4. The maximum Gasteiger partial charge on any atom is 0.411 e. The first kappa shape index (κ1) is 13.8. The van der Waals surface area contributed by atoms with Gasteiger partial charge >= 0.3 is 6.09 Å². The number of carbonyl (C=O) groups is 1. The average Bonchev–Trinajstić information content (AvgIpc) is 3.23. The van der Waals surface area contributed by atoms with Gasteiger partial charge in [0.15, 0.2) is 0 Å². The summed E-state index contributed by atoms with van der Waals surface area (Å²) >= 11 is 0. The van der Waals surface area contributed by atoms with Crippen molar-refractivity contribution in [3.63, 3.8) is 0 Å². The second-order valence-electron chi connectivity index (χ2n) is 4.88. The fraction of sp³-hybridized carbons (Fsp3) is 0.500. The van der Waals surface area contributed by atoms with E-state index in [0.717, 1.165) is 12.1 Å². The number of likely N-dealkylation sites (N-methyl/N-ethyl adjacent to an activating group) is 1. The van der Waals surface area contributed by atoms with Crippen molar-refractivity contribution in [1.29, 1.82) is 0 Å². The first-order chi connectivity index (χ1) is 9.19. The number of rotatable bonds is 6. The summed E-state index contributed by atoms with van der Waals surface area (Å²) < 4.78 is 5.15. The molecule has 1 fully saturated rings. The molecule has 0 heterocycles. The number of hydrogen-bond donors (Lipinski definition) is 2. The third kappa shape index (κ3) is 4.54. The molecule has 1 aliphatic carbocycles. The van der Waals surface area contributed by atoms with Crippen molar-refractivity contribution < 1.29 is 9.53 Å². The second kappa shape index (κ2) is 6.54. The highest BCUT2D eigenvalue weighted by Gasteiger charge is 2.25. The molecular weight excluding hydrogens is 242 g/mol. The third-order valence-electron chi connectivity index (χ3n) is 3.26. The number of nitrogens with zero attached hydrogens (tertiary/aromatic N) is 1. The van der Waals surface area contributed by atoms with Gasteiger partial charge in [-0.1, -0.05) is 12.1 Å². The van der Waals surface area contributed by atoms with Crippen LogP contribution in [0, 0.1) is 0 Å². The normalized spacial score (nSPS) is 14.5. The Morgan fingerprint density at radius 1 is 1.53 bits per heavy atom. The van der Waals surface area contributed by atoms with E-state index >= 15 is 0 Å². The molecule has 0 saturated heterocycles. The van der Waals surface area contributed by atoms with E-state index in [2.05, 4.69) is 17.3 Å². The van der Waals surface area contributed by atoms with Gasteiger partial charge in [-0.15, -0.1) is 0 Å². The second-order valence-corrected chi connectivity index (χ2v) is 4.88. The number of anilines is 1. The van der Waals surface area contributed by atoms with Crippen LogP contribution in [-0.2, 0) is 11.3 Å². The molecule has 2 rings (SSSR count). The fourth-order valence-electron chi connectivity index (χ4n) is 1.91. The van der Waals surface area contributed by atoms with Gasteiger partial charge in [0.25, 0.3) is 0 Å². The highest BCUT2D eigenvalue weighted by molar-refractivity contribution is 5.84. The van der Waals surface area contributed by atoms with Gasteiger partial charge in [-0.05, 0) is 37.6 Å². The molecule has 0 aromatic heterocycles. The van der Waals surface area contributed by atoms with Gasteiger partial charge in [-0.3, -0.25) is 5.32 Å². The van der Waals surface area contributed by atoms with E-state index in [-0.39, 0.29) is 0 Å². The van der Waals surface area contributed by atoms with Crippen LogP contribution in [0.25, 0.3) is 0 Å². The minimum absolute atomic E-state index is 0.412. The number of benzene rings is 1. The summed E-state index contributed by atoms with van der Waals surface area (Å²) in [7, 11) is 2.06. The lowest BCUT2D eigenvalue weighted by Gasteiger charge is -2.15. The molecule has 1 saturated carbocycles. The van der Waals surface area contributed by atoms with Crippen LogP contribution >= 0.6 is 0 Å². The number of ether oxygens (including phenoxy) is 1. The van der Waals surface area contributed by atoms with Crippen LogP contribution in [0.3, 0.4) is 0 Å². The van der Waals surface area contributed by atoms with Crippen molar-refractivity contribution >= 4 is 11.8 Å². The van der Waals surface area contributed by atoms with Gasteiger partial charge in [0.2, 0.25) is 0 Å². The van der Waals surface area contributed by atoms with Crippen LogP contribution < -0.4 is 11.1 Å². The molecule has 1 aromatic rings. The predicted molar refractivity (Wildman–Crippen MR) is 75.0 cm³/mol. The van der Waals surface area contributed by atoms with Gasteiger partial charge in [-0.2, -0.15) is 0 Å². The fourth-order valence-corrected chi connectivity index (χ4v) is 1.91. The Morgan fingerprint density at radius 3 is 3.00 bits per heavy atom. The summed E-state index contributed by atoms with van der Waals surface area (Å²) in [4.78, 5) is 13.8. The topological polar surface area (TPSA) is 67.6 Å². The van der Waals surface area contributed by atoms with Gasteiger partial charge < -0.3 is 15.4 Å². The Morgan fingerprint density at radius 2 is 2.32 bits per heavy atom. The zero-order valence-corrected chi connectivity index (χ0v) is 11.3. The van der Waals surface area contributed by atoms with Crippen LogP contribution in [0.5, 0.6) is 0 Å². The zero-order valence-electron chi connectivity index (χ0n) is 11.3. The van der Waals surface area contributed by atoms with Crippen molar-refractivity contribution in [1.82, 2.24) is 4.90 Å². The number of nitrogens with one attached hydrogen (secondary N) is 1. The van der Waals surface area contributed by atoms with E-state index < -0.39 is 6.09 Å². The van der Waals surface area contributed by atoms with Crippen molar-refractivity contribution in [2.45, 2.75) is 25.4 Å². The molecule has 19 heavy (non-hydrogen) atoms. The van der Waals surface area contributed by atoms with E-state index in [1.165, 1.54) is 12.8 Å². The molecule has 0 unspecified atom stereocenters. The molecule has 0 aliphatic heterocycles. The van der Waals surface area contributed by atoms with Crippen LogP contribution in [0.15, 0.2) is 24.3 Å². The summed E-state index contributed by atoms with van der Waals surface area (Å²) in [6.45, 7) is 1.65. The zero-order chi connectivity index (χ0) is 13.7. The smallest absolute Gasteiger partial charge is 0.411 e. The van der Waals surface area contributed by atoms with Crippen LogP contribution in [-0.4, -0.2) is 37.2 Å². The first-order valence-electron chi connectivity index (χ1n) is 6.62. The van der Waals surface area contributed by atoms with E-state index in [4.69, 9.17) is 10.5 Å². The molecule has 1 aromatic carbocycles. The maximum atomic E-state index is 11.6. The van der Waals surface area contributed by atoms with E-state index in [1.54, 1.807) is 0 Å². The van der Waals surface area contributed by atoms with Gasteiger partial charge in [0.1, 0.15) is 6.61 Å². The molecule has 0 spiro atoms. The highest BCUT2D eigenvalue weighted by Crippen LogP contribution is 2.24. The summed E-state index contributed by atoms with van der Waals surface area (Å²) in [6, 6.07) is 8.13. The first-order valence-corrected chi connectivity index (χ1v) is 6.62. The van der Waals surface area contributed by atoms with Gasteiger partial charge in [0, 0.05) is 24.8 Å². The number of amides is 1. The Labute approximate surface area is 113 Å². The monoisotopic (exact) mass is 263 g/mol. The van der Waals surface area contributed by atoms with E-state index in [0.29, 0.717) is 24.9 Å². The predicted octanol–water partition coefficient (Wildman–Crippen LogP) is 1.79. The van der Waals surface area contributed by atoms with E-state index in [1.807, 2.05) is 24.3 Å². The molecule has 3 N–H and O–H groups in total. The van der Waals surface area contributed by atoms with Gasteiger partial charge in [-0.25, -0.2) is 4.79 Å². The van der Waals surface area contributed by atoms with Crippen molar-refractivity contribution in [2.75, 3.05) is 25.5 Å². The number of carbonyl (C=O) groups excluding carboxylic acids is 1. The SMILES string of the molecule is CN(CCOC(=O)Nc1cccc(CN)c1)C1CC1. The lowest BCUT2D eigenvalue weighted by Crippen LogP contribution is -2.27. The van der Waals surface area contributed by atoms with Crippen molar-refractivity contribution in [3.8, 4) is 0 Å². The summed E-state index contributed by atoms with van der Waals surface area (Å²) in [5.41, 5.74) is 7.24. The lowest BCUT2D eigenvalue weighted by atomic mass is 10.2. The quantitative estimate of drug-likeness (QED) is 0.821. The Bertz CT molecular complexity index is 432. The molecule has 0 radical (unpaired) electrons. The van der Waals surface area contributed by atoms with Crippen molar-refractivity contribution in [3.05, 3.63) is 29.8 Å². The Balaban J connectivity index is 1.70. The highest BCUT2D eigenvalue weighted by atomic mass is 16.5. The van der Waals surface area contributed by atoms with Crippen LogP contribution in [0.1, 0.15) is 18.4 Å². The molecular formula is C14H21N3O2. The summed E-state index contributed by atoms with van der Waals surface area (Å²) in [6.07, 6.45) is 2.10. The Hall–Kier alpha value is -1.59. The molecule has 5 nitrogen and oxygen atoms in total. The molecule has 5 heteroatoms. The largest absolute Gasteiger partial charge is 0.448 e. The summed E-state index contributed by atoms with van der Waals surface area (Å²) in [5, 5.41) is 2.70. The average molecular weight is 263 g/mol. The van der Waals surface area contributed by atoms with Gasteiger partial charge in [0.05, 0.1) is 0 Å². The summed E-state index contributed by atoms with van der Waals surface area (Å²) in [5.74, 6) is 0. The number of nitrogens with two attached hydrogens (primary N) is 1. The van der Waals surface area contributed by atoms with E-state index in [9.17, 15) is 4.79 Å². The standard InChI is InChI=1S/C14H21N3O2/c1-17(13-5-6-13)7-8-19-14(18)16-12-4-2-3-11(9-12)10-15/h2-4,9,13H,5-8,10,15H2,1H3,(H,16,18). The minimum atomic E-state index is -0.418. The lowest BCUT2D eigenvalue weighted by molar-refractivity contribution is 0.144. The van der Waals surface area contributed by atoms with Crippen LogP contribution in [0.4, 0.5) is 10.5 Å². The van der Waals surface area contributed by atoms with Crippen LogP contribution in [0.2, 0.25) is 0 Å². The molecule has 104 valence electrons. The minimum Gasteiger partial charge on any atom is -0.448 e. The Kier molecular flexibility index (Phi) is 4.76.